The number of nitrogens with two attached hydrogens (primary N) is 1. The van der Waals surface area contributed by atoms with Crippen LogP contribution in [0.4, 0.5) is 11.4 Å². The third kappa shape index (κ3) is 2.83. The monoisotopic (exact) mass is 286 g/mol. The van der Waals surface area contributed by atoms with E-state index in [-0.39, 0.29) is 22.5 Å². The van der Waals surface area contributed by atoms with Crippen molar-refractivity contribution < 1.29 is 13.3 Å². The fourth-order valence-corrected chi connectivity index (χ4v) is 3.27. The van der Waals surface area contributed by atoms with Gasteiger partial charge < -0.3 is 5.43 Å². The zero-order chi connectivity index (χ0) is 14.2. The summed E-state index contributed by atoms with van der Waals surface area (Å²) >= 11 is 0. The minimum atomic E-state index is -3.93. The van der Waals surface area contributed by atoms with Crippen molar-refractivity contribution in [1.29, 1.82) is 0 Å². The fourth-order valence-electron chi connectivity index (χ4n) is 1.72. The molecule has 0 spiro atoms. The molecule has 1 fully saturated rings. The molecule has 1 saturated carbocycles. The maximum Gasteiger partial charge on any atom is 0.289 e. The SMILES string of the molecule is CC1CC1NS(=O)(=O)c1cc(NN)ccc1[N+](=O)[O-]. The molecule has 0 saturated heterocycles. The molecule has 8 nitrogen and oxygen atoms in total. The van der Waals surface area contributed by atoms with E-state index in [0.717, 1.165) is 18.6 Å². The second kappa shape index (κ2) is 4.76. The van der Waals surface area contributed by atoms with E-state index in [4.69, 9.17) is 5.84 Å². The first kappa shape index (κ1) is 13.7. The molecule has 2 atom stereocenters. The van der Waals surface area contributed by atoms with Crippen molar-refractivity contribution in [2.45, 2.75) is 24.3 Å². The van der Waals surface area contributed by atoms with Gasteiger partial charge in [-0.1, -0.05) is 6.92 Å². The molecule has 0 aliphatic heterocycles. The molecule has 0 bridgehead atoms. The second-order valence-corrected chi connectivity index (χ2v) is 6.21. The van der Waals surface area contributed by atoms with Crippen molar-refractivity contribution in [3.63, 3.8) is 0 Å². The van der Waals surface area contributed by atoms with Crippen molar-refractivity contribution in [3.8, 4) is 0 Å². The van der Waals surface area contributed by atoms with Gasteiger partial charge in [0.15, 0.2) is 4.90 Å². The third-order valence-corrected chi connectivity index (χ3v) is 4.55. The summed E-state index contributed by atoms with van der Waals surface area (Å²) in [6, 6.07) is 3.45. The van der Waals surface area contributed by atoms with Crippen LogP contribution in [0.5, 0.6) is 0 Å². The van der Waals surface area contributed by atoms with Gasteiger partial charge in [-0.25, -0.2) is 13.1 Å². The van der Waals surface area contributed by atoms with Crippen molar-refractivity contribution in [1.82, 2.24) is 4.72 Å². The summed E-state index contributed by atoms with van der Waals surface area (Å²) in [6.07, 6.45) is 0.738. The molecule has 0 radical (unpaired) electrons. The number of hydrogen-bond donors (Lipinski definition) is 3. The van der Waals surface area contributed by atoms with Crippen molar-refractivity contribution in [2.24, 2.45) is 11.8 Å². The lowest BCUT2D eigenvalue weighted by atomic mass is 10.3. The van der Waals surface area contributed by atoms with E-state index in [1.54, 1.807) is 0 Å². The Labute approximate surface area is 110 Å². The van der Waals surface area contributed by atoms with Gasteiger partial charge >= 0.3 is 0 Å². The summed E-state index contributed by atoms with van der Waals surface area (Å²) in [5.74, 6) is 5.44. The molecule has 4 N–H and O–H groups in total. The number of nitro benzene ring substituents is 1. The van der Waals surface area contributed by atoms with Gasteiger partial charge in [-0.3, -0.25) is 16.0 Å². The lowest BCUT2D eigenvalue weighted by Crippen LogP contribution is -2.27. The number of nitrogen functional groups attached to an aromatic ring is 1. The Morgan fingerprint density at radius 2 is 2.11 bits per heavy atom. The molecule has 2 rings (SSSR count). The highest BCUT2D eigenvalue weighted by Crippen LogP contribution is 2.33. The molecule has 9 heteroatoms. The maximum atomic E-state index is 12.1. The quantitative estimate of drug-likeness (QED) is 0.412. The van der Waals surface area contributed by atoms with Gasteiger partial charge in [-0.05, 0) is 24.5 Å². The van der Waals surface area contributed by atoms with Crippen LogP contribution in [-0.2, 0) is 10.0 Å². The lowest BCUT2D eigenvalue weighted by Gasteiger charge is -2.08. The van der Waals surface area contributed by atoms with Gasteiger partial charge in [0.2, 0.25) is 10.0 Å². The standard InChI is InChI=1S/C10H14N4O4S/c1-6-4-8(6)13-19(17,18)10-5-7(12-11)2-3-9(10)14(15)16/h2-3,5-6,8,12-13H,4,11H2,1H3. The number of sulfonamides is 1. The van der Waals surface area contributed by atoms with Crippen LogP contribution in [-0.4, -0.2) is 19.4 Å². The molecular formula is C10H14N4O4S. The largest absolute Gasteiger partial charge is 0.324 e. The molecule has 104 valence electrons. The molecule has 1 aromatic carbocycles. The summed E-state index contributed by atoms with van der Waals surface area (Å²) in [5.41, 5.74) is 2.08. The molecule has 0 heterocycles. The second-order valence-electron chi connectivity index (χ2n) is 4.52. The van der Waals surface area contributed by atoms with Crippen molar-refractivity contribution >= 4 is 21.4 Å². The average molecular weight is 286 g/mol. The van der Waals surface area contributed by atoms with Gasteiger partial charge in [0, 0.05) is 12.1 Å². The number of hydrazine groups is 1. The minimum absolute atomic E-state index is 0.154. The number of rotatable bonds is 5. The number of nitro groups is 1. The summed E-state index contributed by atoms with van der Waals surface area (Å²) in [4.78, 5) is 9.78. The Bertz CT molecular complexity index is 616. The topological polar surface area (TPSA) is 127 Å². The molecule has 1 aliphatic rings. The zero-order valence-electron chi connectivity index (χ0n) is 10.2. The van der Waals surface area contributed by atoms with E-state index < -0.39 is 20.6 Å². The van der Waals surface area contributed by atoms with Crippen LogP contribution < -0.4 is 16.0 Å². The Hall–Kier alpha value is -1.71. The molecule has 0 amide bonds. The number of anilines is 1. The number of benzene rings is 1. The van der Waals surface area contributed by atoms with E-state index >= 15 is 0 Å². The smallest absolute Gasteiger partial charge is 0.289 e. The summed E-state index contributed by atoms with van der Waals surface area (Å²) in [5, 5.41) is 10.9. The Kier molecular flexibility index (Phi) is 3.43. The van der Waals surface area contributed by atoms with Gasteiger partial charge in [-0.2, -0.15) is 0 Å². The zero-order valence-corrected chi connectivity index (χ0v) is 11.0. The average Bonchev–Trinajstić information content (AvgIpc) is 3.02. The van der Waals surface area contributed by atoms with Crippen LogP contribution >= 0.6 is 0 Å². The minimum Gasteiger partial charge on any atom is -0.324 e. The summed E-state index contributed by atoms with van der Waals surface area (Å²) in [6.45, 7) is 1.90. The number of hydrogen-bond acceptors (Lipinski definition) is 6. The van der Waals surface area contributed by atoms with E-state index in [2.05, 4.69) is 10.1 Å². The van der Waals surface area contributed by atoms with Crippen LogP contribution in [0.1, 0.15) is 13.3 Å². The van der Waals surface area contributed by atoms with Gasteiger partial charge in [-0.15, -0.1) is 0 Å². The Balaban J connectivity index is 2.43. The van der Waals surface area contributed by atoms with Gasteiger partial charge in [0.25, 0.3) is 5.69 Å². The summed E-state index contributed by atoms with van der Waals surface area (Å²) < 4.78 is 26.7. The predicted octanol–water partition coefficient (Wildman–Crippen LogP) is 0.567. The molecular weight excluding hydrogens is 272 g/mol. The van der Waals surface area contributed by atoms with Gasteiger partial charge in [0.1, 0.15) is 0 Å². The first-order chi connectivity index (χ1) is 8.85. The highest BCUT2D eigenvalue weighted by molar-refractivity contribution is 7.89. The Morgan fingerprint density at radius 3 is 2.58 bits per heavy atom. The van der Waals surface area contributed by atoms with Crippen LogP contribution in [0.3, 0.4) is 0 Å². The number of nitrogens with zero attached hydrogens (tertiary/aromatic N) is 1. The Morgan fingerprint density at radius 1 is 1.47 bits per heavy atom. The van der Waals surface area contributed by atoms with Crippen molar-refractivity contribution in [3.05, 3.63) is 28.3 Å². The molecule has 0 aromatic heterocycles. The third-order valence-electron chi connectivity index (χ3n) is 3.03. The molecule has 1 aliphatic carbocycles. The normalized spacial score (nSPS) is 22.0. The number of nitrogens with one attached hydrogen (secondary N) is 2. The highest BCUT2D eigenvalue weighted by Gasteiger charge is 2.38. The van der Waals surface area contributed by atoms with E-state index in [9.17, 15) is 18.5 Å². The maximum absolute atomic E-state index is 12.1. The molecule has 2 unspecified atom stereocenters. The van der Waals surface area contributed by atoms with Crippen LogP contribution in [0, 0.1) is 16.0 Å². The van der Waals surface area contributed by atoms with E-state index in [1.807, 2.05) is 6.92 Å². The fraction of sp³-hybridized carbons (Fsp3) is 0.400. The predicted molar refractivity (Wildman–Crippen MR) is 68.8 cm³/mol. The van der Waals surface area contributed by atoms with Crippen LogP contribution in [0.15, 0.2) is 23.1 Å². The van der Waals surface area contributed by atoms with Gasteiger partial charge in [0.05, 0.1) is 10.6 Å². The van der Waals surface area contributed by atoms with E-state index in [1.165, 1.54) is 6.07 Å². The highest BCUT2D eigenvalue weighted by atomic mass is 32.2. The van der Waals surface area contributed by atoms with E-state index in [0.29, 0.717) is 0 Å². The molecule has 19 heavy (non-hydrogen) atoms. The summed E-state index contributed by atoms with van der Waals surface area (Å²) in [7, 11) is -3.93. The van der Waals surface area contributed by atoms with Crippen LogP contribution in [0.25, 0.3) is 0 Å². The van der Waals surface area contributed by atoms with Crippen LogP contribution in [0.2, 0.25) is 0 Å². The first-order valence-corrected chi connectivity index (χ1v) is 7.11. The molecule has 1 aromatic rings. The van der Waals surface area contributed by atoms with Crippen molar-refractivity contribution in [2.75, 3.05) is 5.43 Å². The lowest BCUT2D eigenvalue weighted by molar-refractivity contribution is -0.387. The first-order valence-electron chi connectivity index (χ1n) is 5.62.